The van der Waals surface area contributed by atoms with E-state index in [2.05, 4.69) is 15.6 Å². The van der Waals surface area contributed by atoms with Crippen molar-refractivity contribution in [3.05, 3.63) is 70.7 Å². The molecule has 0 saturated heterocycles. The van der Waals surface area contributed by atoms with Crippen LogP contribution in [0.4, 0.5) is 17.6 Å². The molecule has 3 atom stereocenters. The number of aryl methyl sites for hydroxylation is 1. The van der Waals surface area contributed by atoms with E-state index in [1.165, 1.54) is 30.3 Å². The molecule has 4 rings (SSSR count). The Balaban J connectivity index is 1.60. The number of rotatable bonds is 8. The largest absolute Gasteiger partial charge is 0.479 e. The summed E-state index contributed by atoms with van der Waals surface area (Å²) < 4.78 is 54.7. The summed E-state index contributed by atoms with van der Waals surface area (Å²) in [5.74, 6) is -3.61. The van der Waals surface area contributed by atoms with E-state index in [4.69, 9.17) is 0 Å². The lowest BCUT2D eigenvalue weighted by molar-refractivity contribution is -0.149. The molecule has 0 saturated carbocycles. The highest BCUT2D eigenvalue weighted by molar-refractivity contribution is 5.95. The van der Waals surface area contributed by atoms with Crippen molar-refractivity contribution in [3.8, 4) is 0 Å². The summed E-state index contributed by atoms with van der Waals surface area (Å²) in [6.45, 7) is 3.52. The molecule has 208 valence electrons. The normalized spacial score (nSPS) is 18.7. The summed E-state index contributed by atoms with van der Waals surface area (Å²) in [7, 11) is 0. The number of halogens is 4. The number of amides is 2. The molecule has 2 amide bonds. The fraction of sp³-hybridized carbons (Fsp3) is 0.393. The van der Waals surface area contributed by atoms with E-state index in [0.717, 1.165) is 6.07 Å². The predicted molar refractivity (Wildman–Crippen MR) is 135 cm³/mol. The highest BCUT2D eigenvalue weighted by atomic mass is 19.4. The van der Waals surface area contributed by atoms with Gasteiger partial charge in [0.2, 0.25) is 11.8 Å². The molecule has 3 aromatic rings. The van der Waals surface area contributed by atoms with Crippen molar-refractivity contribution in [2.45, 2.75) is 63.7 Å². The van der Waals surface area contributed by atoms with Gasteiger partial charge in [-0.3, -0.25) is 9.59 Å². The van der Waals surface area contributed by atoms with Crippen LogP contribution in [0.15, 0.2) is 42.5 Å². The molecule has 1 aliphatic rings. The Morgan fingerprint density at radius 2 is 1.85 bits per heavy atom. The third-order valence-electron chi connectivity index (χ3n) is 7.51. The zero-order valence-corrected chi connectivity index (χ0v) is 21.4. The number of hydrogen-bond donors (Lipinski definition) is 4. The van der Waals surface area contributed by atoms with E-state index in [1.54, 1.807) is 19.9 Å². The molecular formula is C28H29F4N3O4. The van der Waals surface area contributed by atoms with E-state index < -0.39 is 46.9 Å². The van der Waals surface area contributed by atoms with Crippen LogP contribution in [0.5, 0.6) is 0 Å². The number of nitrogens with one attached hydrogen (secondary N) is 3. The van der Waals surface area contributed by atoms with E-state index >= 15 is 0 Å². The number of H-pyrrole nitrogens is 1. The fourth-order valence-corrected chi connectivity index (χ4v) is 5.10. The molecule has 1 aromatic heterocycles. The Labute approximate surface area is 222 Å². The lowest BCUT2D eigenvalue weighted by Gasteiger charge is -2.36. The lowest BCUT2D eigenvalue weighted by atomic mass is 9.79. The summed E-state index contributed by atoms with van der Waals surface area (Å²) in [6, 6.07) is 8.36. The molecule has 0 spiro atoms. The number of carboxylic acids is 1. The lowest BCUT2D eigenvalue weighted by Crippen LogP contribution is -2.62. The maximum Gasteiger partial charge on any atom is 0.418 e. The average molecular weight is 548 g/mol. The van der Waals surface area contributed by atoms with Crippen LogP contribution in [0.25, 0.3) is 10.9 Å². The van der Waals surface area contributed by atoms with E-state index in [-0.39, 0.29) is 48.1 Å². The van der Waals surface area contributed by atoms with E-state index in [1.807, 2.05) is 0 Å². The quantitative estimate of drug-likeness (QED) is 0.311. The van der Waals surface area contributed by atoms with Crippen LogP contribution < -0.4 is 10.6 Å². The van der Waals surface area contributed by atoms with Gasteiger partial charge in [0.05, 0.1) is 17.5 Å². The first-order valence-electron chi connectivity index (χ1n) is 12.6. The zero-order chi connectivity index (χ0) is 28.5. The molecule has 7 nitrogen and oxygen atoms in total. The molecule has 11 heteroatoms. The molecular weight excluding hydrogens is 518 g/mol. The van der Waals surface area contributed by atoms with Gasteiger partial charge in [0.25, 0.3) is 0 Å². The van der Waals surface area contributed by atoms with Crippen LogP contribution in [0.2, 0.25) is 0 Å². The van der Waals surface area contributed by atoms with Crippen molar-refractivity contribution in [1.82, 2.24) is 15.6 Å². The van der Waals surface area contributed by atoms with Gasteiger partial charge in [-0.15, -0.1) is 0 Å². The van der Waals surface area contributed by atoms with Crippen LogP contribution in [-0.2, 0) is 39.8 Å². The molecule has 4 N–H and O–H groups in total. The number of carboxylic acid groups (broad SMARTS) is 1. The Bertz CT molecular complexity index is 1420. The Hall–Kier alpha value is -3.89. The summed E-state index contributed by atoms with van der Waals surface area (Å²) in [5.41, 5.74) is -1.74. The van der Waals surface area contributed by atoms with Crippen LogP contribution in [0.1, 0.15) is 49.1 Å². The minimum absolute atomic E-state index is 0.0638. The van der Waals surface area contributed by atoms with Crippen molar-refractivity contribution >= 4 is 28.7 Å². The number of fused-ring (bicyclic) bond motifs is 3. The highest BCUT2D eigenvalue weighted by Crippen LogP contribution is 2.40. The third-order valence-corrected chi connectivity index (χ3v) is 7.51. The smallest absolute Gasteiger partial charge is 0.418 e. The fourth-order valence-electron chi connectivity index (χ4n) is 5.10. The summed E-state index contributed by atoms with van der Waals surface area (Å²) in [6.07, 6.45) is -4.63. The van der Waals surface area contributed by atoms with Gasteiger partial charge in [-0.25, -0.2) is 9.18 Å². The molecule has 1 aliphatic carbocycles. The van der Waals surface area contributed by atoms with Gasteiger partial charge in [-0.05, 0) is 42.0 Å². The van der Waals surface area contributed by atoms with Crippen LogP contribution in [0.3, 0.4) is 0 Å². The number of benzene rings is 2. The zero-order valence-electron chi connectivity index (χ0n) is 21.4. The van der Waals surface area contributed by atoms with Gasteiger partial charge >= 0.3 is 12.1 Å². The maximum absolute atomic E-state index is 14.0. The molecule has 1 heterocycles. The topological polar surface area (TPSA) is 111 Å². The standard InChI is InChI=1S/C28H29F4N3O4/c1-3-15(2)23(34-22(36)13-16-7-4-5-10-20(16)29)25(37)35-27(26(38)39)12-11-21-18(14-27)17-8-6-9-19(24(17)33-21)28(30,31)32/h4-10,15,23,33H,3,11-14H2,1-2H3,(H,34,36)(H,35,37)(H,38,39)/t15?,23-,27-/m0/s1. The summed E-state index contributed by atoms with van der Waals surface area (Å²) in [4.78, 5) is 41.5. The Morgan fingerprint density at radius 1 is 1.13 bits per heavy atom. The van der Waals surface area contributed by atoms with E-state index in [0.29, 0.717) is 17.7 Å². The number of aliphatic carboxylic acids is 1. The van der Waals surface area contributed by atoms with Gasteiger partial charge in [0.15, 0.2) is 0 Å². The predicted octanol–water partition coefficient (Wildman–Crippen LogP) is 4.53. The van der Waals surface area contributed by atoms with Gasteiger partial charge in [0.1, 0.15) is 17.4 Å². The van der Waals surface area contributed by atoms with Crippen molar-refractivity contribution < 1.29 is 37.1 Å². The van der Waals surface area contributed by atoms with Crippen molar-refractivity contribution in [2.75, 3.05) is 0 Å². The number of aromatic amines is 1. The number of hydrogen-bond acceptors (Lipinski definition) is 3. The van der Waals surface area contributed by atoms with Gasteiger partial charge in [0, 0.05) is 17.5 Å². The first-order chi connectivity index (χ1) is 18.4. The molecule has 0 bridgehead atoms. The first kappa shape index (κ1) is 28.1. The molecule has 2 aromatic carbocycles. The van der Waals surface area contributed by atoms with Crippen LogP contribution in [0, 0.1) is 11.7 Å². The van der Waals surface area contributed by atoms with Crippen molar-refractivity contribution in [3.63, 3.8) is 0 Å². The molecule has 0 radical (unpaired) electrons. The second-order valence-corrected chi connectivity index (χ2v) is 10.1. The number of alkyl halides is 3. The Kier molecular flexibility index (Phi) is 7.72. The second kappa shape index (κ2) is 10.7. The van der Waals surface area contributed by atoms with E-state index in [9.17, 15) is 37.1 Å². The summed E-state index contributed by atoms with van der Waals surface area (Å²) >= 11 is 0. The highest BCUT2D eigenvalue weighted by Gasteiger charge is 2.46. The SMILES string of the molecule is CCC(C)[C@H](NC(=O)Cc1ccccc1F)C(=O)N[C@@]1(C(=O)O)CCc2[nH]c3c(C(F)(F)F)cccc3c2C1. The minimum atomic E-state index is -4.60. The first-order valence-corrected chi connectivity index (χ1v) is 12.6. The van der Waals surface area contributed by atoms with Crippen LogP contribution in [-0.4, -0.2) is 39.5 Å². The number of aromatic nitrogens is 1. The number of carbonyl (C=O) groups excluding carboxylic acids is 2. The molecule has 0 fully saturated rings. The van der Waals surface area contributed by atoms with Gasteiger partial charge in [-0.1, -0.05) is 50.6 Å². The van der Waals surface area contributed by atoms with Gasteiger partial charge < -0.3 is 20.7 Å². The Morgan fingerprint density at radius 3 is 2.49 bits per heavy atom. The van der Waals surface area contributed by atoms with Gasteiger partial charge in [-0.2, -0.15) is 13.2 Å². The van der Waals surface area contributed by atoms with Crippen molar-refractivity contribution in [1.29, 1.82) is 0 Å². The molecule has 0 aliphatic heterocycles. The maximum atomic E-state index is 14.0. The average Bonchev–Trinajstić information content (AvgIpc) is 3.25. The van der Waals surface area contributed by atoms with Crippen molar-refractivity contribution in [2.24, 2.45) is 5.92 Å². The second-order valence-electron chi connectivity index (χ2n) is 10.1. The summed E-state index contributed by atoms with van der Waals surface area (Å²) in [5, 5.41) is 15.7. The number of carbonyl (C=O) groups is 3. The molecule has 1 unspecified atom stereocenters. The van der Waals surface area contributed by atoms with Crippen LogP contribution >= 0.6 is 0 Å². The monoisotopic (exact) mass is 547 g/mol. The third kappa shape index (κ3) is 5.62. The molecule has 39 heavy (non-hydrogen) atoms. The number of para-hydroxylation sites is 1. The minimum Gasteiger partial charge on any atom is -0.479 e.